The standard InChI is InChI=1S/C16H25NO2/c1-12-3-2-4-15(9-12)19-11-13-7-8-18-16(13)10-17-14-5-6-14/h7-8,12,14-15,17H,2-6,9-11H2,1H3. The highest BCUT2D eigenvalue weighted by molar-refractivity contribution is 5.16. The van der Waals surface area contributed by atoms with Gasteiger partial charge in [0.1, 0.15) is 5.76 Å². The molecule has 2 unspecified atom stereocenters. The third-order valence-corrected chi connectivity index (χ3v) is 4.33. The zero-order chi connectivity index (χ0) is 13.1. The summed E-state index contributed by atoms with van der Waals surface area (Å²) in [7, 11) is 0. The van der Waals surface area contributed by atoms with E-state index in [1.807, 2.05) is 0 Å². The molecule has 0 spiro atoms. The molecule has 1 heterocycles. The van der Waals surface area contributed by atoms with Crippen LogP contribution < -0.4 is 5.32 Å². The Morgan fingerprint density at radius 1 is 1.32 bits per heavy atom. The lowest BCUT2D eigenvalue weighted by atomic mass is 9.89. The molecule has 3 heteroatoms. The fraction of sp³-hybridized carbons (Fsp3) is 0.750. The Kier molecular flexibility index (Phi) is 4.24. The fourth-order valence-corrected chi connectivity index (χ4v) is 2.91. The molecule has 0 bridgehead atoms. The summed E-state index contributed by atoms with van der Waals surface area (Å²) in [5.74, 6) is 1.87. The quantitative estimate of drug-likeness (QED) is 0.851. The third-order valence-electron chi connectivity index (χ3n) is 4.33. The first-order valence-corrected chi connectivity index (χ1v) is 7.71. The van der Waals surface area contributed by atoms with E-state index in [1.54, 1.807) is 6.26 Å². The van der Waals surface area contributed by atoms with E-state index in [9.17, 15) is 0 Å². The first kappa shape index (κ1) is 13.2. The number of furan rings is 1. The molecule has 1 N–H and O–H groups in total. The Labute approximate surface area is 115 Å². The lowest BCUT2D eigenvalue weighted by Crippen LogP contribution is -2.21. The Hall–Kier alpha value is -0.800. The average Bonchev–Trinajstić information content (AvgIpc) is 3.13. The normalized spacial score (nSPS) is 27.6. The van der Waals surface area contributed by atoms with Crippen molar-refractivity contribution in [3.63, 3.8) is 0 Å². The maximum atomic E-state index is 6.07. The number of rotatable bonds is 6. The van der Waals surface area contributed by atoms with Gasteiger partial charge in [0.15, 0.2) is 0 Å². The van der Waals surface area contributed by atoms with Gasteiger partial charge < -0.3 is 14.5 Å². The summed E-state index contributed by atoms with van der Waals surface area (Å²) in [6, 6.07) is 2.77. The highest BCUT2D eigenvalue weighted by Crippen LogP contribution is 2.27. The van der Waals surface area contributed by atoms with E-state index >= 15 is 0 Å². The molecule has 19 heavy (non-hydrogen) atoms. The van der Waals surface area contributed by atoms with E-state index in [1.165, 1.54) is 44.1 Å². The van der Waals surface area contributed by atoms with Crippen molar-refractivity contribution < 1.29 is 9.15 Å². The molecular formula is C16H25NO2. The molecule has 2 atom stereocenters. The van der Waals surface area contributed by atoms with Crippen molar-refractivity contribution in [2.75, 3.05) is 0 Å². The second-order valence-corrected chi connectivity index (χ2v) is 6.23. The van der Waals surface area contributed by atoms with Crippen LogP contribution in [0.2, 0.25) is 0 Å². The Morgan fingerprint density at radius 2 is 2.21 bits per heavy atom. The van der Waals surface area contributed by atoms with Crippen LogP contribution in [-0.4, -0.2) is 12.1 Å². The van der Waals surface area contributed by atoms with Gasteiger partial charge in [0, 0.05) is 11.6 Å². The van der Waals surface area contributed by atoms with Gasteiger partial charge in [-0.25, -0.2) is 0 Å². The molecule has 3 rings (SSSR count). The minimum Gasteiger partial charge on any atom is -0.468 e. The fourth-order valence-electron chi connectivity index (χ4n) is 2.91. The van der Waals surface area contributed by atoms with Crippen molar-refractivity contribution in [1.82, 2.24) is 5.32 Å². The molecule has 0 aliphatic heterocycles. The first-order valence-electron chi connectivity index (χ1n) is 7.71. The lowest BCUT2D eigenvalue weighted by Gasteiger charge is -2.26. The van der Waals surface area contributed by atoms with Gasteiger partial charge in [-0.3, -0.25) is 0 Å². The summed E-state index contributed by atoms with van der Waals surface area (Å²) in [6.07, 6.45) is 9.97. The van der Waals surface area contributed by atoms with Crippen LogP contribution in [0, 0.1) is 5.92 Å². The molecule has 0 amide bonds. The number of hydrogen-bond donors (Lipinski definition) is 1. The van der Waals surface area contributed by atoms with Crippen molar-refractivity contribution in [3.8, 4) is 0 Å². The maximum Gasteiger partial charge on any atom is 0.123 e. The summed E-state index contributed by atoms with van der Waals surface area (Å²) in [6.45, 7) is 3.88. The predicted molar refractivity (Wildman–Crippen MR) is 74.8 cm³/mol. The Bertz CT molecular complexity index is 397. The van der Waals surface area contributed by atoms with Crippen LogP contribution in [0.25, 0.3) is 0 Å². The van der Waals surface area contributed by atoms with Crippen molar-refractivity contribution in [2.45, 2.75) is 70.7 Å². The third kappa shape index (κ3) is 3.83. The minimum absolute atomic E-state index is 0.447. The monoisotopic (exact) mass is 263 g/mol. The van der Waals surface area contributed by atoms with Crippen LogP contribution in [-0.2, 0) is 17.9 Å². The average molecular weight is 263 g/mol. The molecule has 3 nitrogen and oxygen atoms in total. The molecule has 2 saturated carbocycles. The molecule has 0 aromatic carbocycles. The van der Waals surface area contributed by atoms with Gasteiger partial charge in [-0.1, -0.05) is 19.8 Å². The minimum atomic E-state index is 0.447. The van der Waals surface area contributed by atoms with E-state index in [-0.39, 0.29) is 0 Å². The highest BCUT2D eigenvalue weighted by atomic mass is 16.5. The first-order chi connectivity index (χ1) is 9.31. The summed E-state index contributed by atoms with van der Waals surface area (Å²) in [5, 5.41) is 3.50. The van der Waals surface area contributed by atoms with Crippen LogP contribution in [0.1, 0.15) is 56.8 Å². The van der Waals surface area contributed by atoms with E-state index in [4.69, 9.17) is 9.15 Å². The molecule has 106 valence electrons. The van der Waals surface area contributed by atoms with Gasteiger partial charge in [-0.15, -0.1) is 0 Å². The molecule has 2 fully saturated rings. The summed E-state index contributed by atoms with van der Waals surface area (Å²) in [4.78, 5) is 0. The van der Waals surface area contributed by atoms with Crippen molar-refractivity contribution in [3.05, 3.63) is 23.7 Å². The molecule has 1 aromatic rings. The zero-order valence-electron chi connectivity index (χ0n) is 11.9. The molecule has 2 aliphatic carbocycles. The molecule has 1 aromatic heterocycles. The summed E-state index contributed by atoms with van der Waals surface area (Å²) < 4.78 is 11.6. The van der Waals surface area contributed by atoms with Crippen LogP contribution in [0.3, 0.4) is 0 Å². The molecule has 2 aliphatic rings. The van der Waals surface area contributed by atoms with Crippen LogP contribution in [0.4, 0.5) is 0 Å². The van der Waals surface area contributed by atoms with Gasteiger partial charge in [0.25, 0.3) is 0 Å². The van der Waals surface area contributed by atoms with Gasteiger partial charge in [0.2, 0.25) is 0 Å². The van der Waals surface area contributed by atoms with E-state index < -0.39 is 0 Å². The van der Waals surface area contributed by atoms with Crippen molar-refractivity contribution >= 4 is 0 Å². The topological polar surface area (TPSA) is 34.4 Å². The number of ether oxygens (including phenoxy) is 1. The highest BCUT2D eigenvalue weighted by Gasteiger charge is 2.22. The van der Waals surface area contributed by atoms with Crippen LogP contribution >= 0.6 is 0 Å². The van der Waals surface area contributed by atoms with Gasteiger partial charge in [0.05, 0.1) is 25.5 Å². The van der Waals surface area contributed by atoms with Gasteiger partial charge >= 0.3 is 0 Å². The lowest BCUT2D eigenvalue weighted by molar-refractivity contribution is 0.00406. The van der Waals surface area contributed by atoms with Crippen LogP contribution in [0.15, 0.2) is 16.7 Å². The summed E-state index contributed by atoms with van der Waals surface area (Å²) >= 11 is 0. The largest absolute Gasteiger partial charge is 0.468 e. The number of nitrogens with one attached hydrogen (secondary N) is 1. The predicted octanol–water partition coefficient (Wildman–Crippen LogP) is 3.63. The zero-order valence-corrected chi connectivity index (χ0v) is 11.9. The van der Waals surface area contributed by atoms with E-state index in [0.29, 0.717) is 12.7 Å². The smallest absolute Gasteiger partial charge is 0.123 e. The Morgan fingerprint density at radius 3 is 3.00 bits per heavy atom. The maximum absolute atomic E-state index is 6.07. The number of hydrogen-bond acceptors (Lipinski definition) is 3. The molecular weight excluding hydrogens is 238 g/mol. The van der Waals surface area contributed by atoms with Gasteiger partial charge in [-0.05, 0) is 37.7 Å². The summed E-state index contributed by atoms with van der Waals surface area (Å²) in [5.41, 5.74) is 1.21. The molecule has 0 saturated heterocycles. The van der Waals surface area contributed by atoms with E-state index in [2.05, 4.69) is 18.3 Å². The van der Waals surface area contributed by atoms with E-state index in [0.717, 1.165) is 24.3 Å². The second kappa shape index (κ2) is 6.10. The van der Waals surface area contributed by atoms with Crippen molar-refractivity contribution in [1.29, 1.82) is 0 Å². The Balaban J connectivity index is 1.47. The van der Waals surface area contributed by atoms with Crippen molar-refractivity contribution in [2.24, 2.45) is 5.92 Å². The molecule has 0 radical (unpaired) electrons. The van der Waals surface area contributed by atoms with Gasteiger partial charge in [-0.2, -0.15) is 0 Å². The van der Waals surface area contributed by atoms with Crippen LogP contribution in [0.5, 0.6) is 0 Å². The second-order valence-electron chi connectivity index (χ2n) is 6.23. The SMILES string of the molecule is CC1CCCC(OCc2ccoc2CNC2CC2)C1.